The van der Waals surface area contributed by atoms with E-state index in [0.29, 0.717) is 22.8 Å². The molecule has 0 aliphatic heterocycles. The fourth-order valence-corrected chi connectivity index (χ4v) is 3.32. The first-order valence-electron chi connectivity index (χ1n) is 7.30. The van der Waals surface area contributed by atoms with E-state index < -0.39 is 0 Å². The summed E-state index contributed by atoms with van der Waals surface area (Å²) in [6.45, 7) is 4.02. The third kappa shape index (κ3) is 4.13. The number of likely N-dealkylation sites (N-methyl/N-ethyl adjacent to an activating group) is 1. The van der Waals surface area contributed by atoms with Gasteiger partial charge in [-0.05, 0) is 33.0 Å². The topological polar surface area (TPSA) is 63.8 Å². The van der Waals surface area contributed by atoms with Crippen LogP contribution >= 0.6 is 35.3 Å². The number of thiazole rings is 1. The predicted molar refractivity (Wildman–Crippen MR) is 100 cm³/mol. The van der Waals surface area contributed by atoms with Crippen LogP contribution in [0.3, 0.4) is 0 Å². The Balaban J connectivity index is 0.00000208. The molecule has 0 saturated carbocycles. The molecule has 0 spiro atoms. The number of aryl methyl sites for hydroxylation is 1. The Morgan fingerprint density at radius 2 is 2.12 bits per heavy atom. The summed E-state index contributed by atoms with van der Waals surface area (Å²) in [5, 5.41) is 8.79. The summed E-state index contributed by atoms with van der Waals surface area (Å²) < 4.78 is 5.41. The molecular weight excluding hydrogens is 367 g/mol. The van der Waals surface area contributed by atoms with E-state index in [9.17, 15) is 0 Å². The lowest BCUT2D eigenvalue weighted by Gasteiger charge is -2.04. The van der Waals surface area contributed by atoms with Gasteiger partial charge in [0, 0.05) is 23.0 Å². The Hall–Kier alpha value is -1.47. The van der Waals surface area contributed by atoms with Gasteiger partial charge in [-0.2, -0.15) is 4.98 Å². The van der Waals surface area contributed by atoms with Crippen LogP contribution in [0.1, 0.15) is 18.4 Å². The fraction of sp³-hybridized carbons (Fsp3) is 0.312. The van der Waals surface area contributed by atoms with Crippen molar-refractivity contribution in [1.29, 1.82) is 0 Å². The monoisotopic (exact) mass is 384 g/mol. The summed E-state index contributed by atoms with van der Waals surface area (Å²) in [5.41, 5.74) is 1.86. The smallest absolute Gasteiger partial charge is 0.269 e. The van der Waals surface area contributed by atoms with Crippen molar-refractivity contribution in [3.63, 3.8) is 0 Å². The molecule has 2 aromatic heterocycles. The van der Waals surface area contributed by atoms with Crippen LogP contribution in [-0.2, 0) is 6.42 Å². The zero-order chi connectivity index (χ0) is 16.4. The normalized spacial score (nSPS) is 12.0. The van der Waals surface area contributed by atoms with Gasteiger partial charge in [-0.15, -0.1) is 23.7 Å². The number of nitrogens with zero attached hydrogens (tertiary/aromatic N) is 3. The summed E-state index contributed by atoms with van der Waals surface area (Å²) >= 11 is 7.58. The molecule has 1 unspecified atom stereocenters. The van der Waals surface area contributed by atoms with Crippen LogP contribution in [0.15, 0.2) is 28.8 Å². The van der Waals surface area contributed by atoms with Gasteiger partial charge in [-0.25, -0.2) is 4.98 Å². The first-order valence-corrected chi connectivity index (χ1v) is 8.50. The average molecular weight is 385 g/mol. The van der Waals surface area contributed by atoms with Gasteiger partial charge in [0.05, 0.1) is 5.69 Å². The summed E-state index contributed by atoms with van der Waals surface area (Å²) in [7, 11) is 1.91. The number of aromatic nitrogens is 3. The van der Waals surface area contributed by atoms with Crippen LogP contribution in [0.5, 0.6) is 0 Å². The molecule has 0 amide bonds. The highest BCUT2D eigenvalue weighted by Gasteiger charge is 2.18. The minimum Gasteiger partial charge on any atom is -0.333 e. The van der Waals surface area contributed by atoms with Crippen LogP contribution in [0, 0.1) is 6.92 Å². The van der Waals surface area contributed by atoms with Crippen LogP contribution in [0.25, 0.3) is 21.3 Å². The molecule has 3 rings (SSSR count). The zero-order valence-corrected chi connectivity index (χ0v) is 15.9. The second kappa shape index (κ2) is 8.07. The van der Waals surface area contributed by atoms with Crippen LogP contribution in [0.2, 0.25) is 5.02 Å². The molecule has 5 nitrogen and oxygen atoms in total. The van der Waals surface area contributed by atoms with Gasteiger partial charge < -0.3 is 9.84 Å². The molecule has 24 heavy (non-hydrogen) atoms. The molecule has 0 saturated heterocycles. The molecule has 0 aliphatic carbocycles. The molecule has 0 bridgehead atoms. The van der Waals surface area contributed by atoms with E-state index >= 15 is 0 Å². The Morgan fingerprint density at radius 1 is 1.33 bits per heavy atom. The van der Waals surface area contributed by atoms with Crippen LogP contribution < -0.4 is 5.32 Å². The third-order valence-electron chi connectivity index (χ3n) is 3.51. The summed E-state index contributed by atoms with van der Waals surface area (Å²) in [6.07, 6.45) is 0.721. The second-order valence-corrected chi connectivity index (χ2v) is 6.79. The van der Waals surface area contributed by atoms with Gasteiger partial charge in [0.15, 0.2) is 5.82 Å². The van der Waals surface area contributed by atoms with E-state index in [1.807, 2.05) is 38.2 Å². The van der Waals surface area contributed by atoms with Crippen molar-refractivity contribution in [2.24, 2.45) is 0 Å². The Labute approximate surface area is 155 Å². The molecule has 3 aromatic rings. The molecule has 1 aromatic carbocycles. The van der Waals surface area contributed by atoms with Gasteiger partial charge in [-0.1, -0.05) is 28.9 Å². The number of benzene rings is 1. The third-order valence-corrected chi connectivity index (χ3v) is 4.94. The van der Waals surface area contributed by atoms with E-state index in [1.165, 1.54) is 11.3 Å². The number of hydrogen-bond donors (Lipinski definition) is 1. The van der Waals surface area contributed by atoms with Gasteiger partial charge in [0.2, 0.25) is 0 Å². The lowest BCUT2D eigenvalue weighted by Crippen LogP contribution is -2.24. The van der Waals surface area contributed by atoms with E-state index in [4.69, 9.17) is 16.1 Å². The van der Waals surface area contributed by atoms with Crippen molar-refractivity contribution in [3.8, 4) is 21.3 Å². The largest absolute Gasteiger partial charge is 0.333 e. The van der Waals surface area contributed by atoms with Crippen molar-refractivity contribution >= 4 is 35.3 Å². The highest BCUT2D eigenvalue weighted by Crippen LogP contribution is 2.35. The Morgan fingerprint density at radius 3 is 2.83 bits per heavy atom. The van der Waals surface area contributed by atoms with E-state index in [2.05, 4.69) is 27.4 Å². The first kappa shape index (κ1) is 18.9. The lowest BCUT2D eigenvalue weighted by molar-refractivity contribution is 0.418. The molecule has 0 aliphatic rings. The molecule has 1 N–H and O–H groups in total. The number of halogens is 2. The Bertz CT molecular complexity index is 818. The maximum absolute atomic E-state index is 6.05. The quantitative estimate of drug-likeness (QED) is 0.706. The number of nitrogens with one attached hydrogen (secondary N) is 1. The number of rotatable bonds is 5. The van der Waals surface area contributed by atoms with Crippen LogP contribution in [0.4, 0.5) is 0 Å². The van der Waals surface area contributed by atoms with Crippen molar-refractivity contribution < 1.29 is 4.52 Å². The van der Waals surface area contributed by atoms with Crippen LogP contribution in [-0.4, -0.2) is 28.2 Å². The summed E-state index contributed by atoms with van der Waals surface area (Å²) in [5.74, 6) is 1.21. The maximum atomic E-state index is 6.05. The van der Waals surface area contributed by atoms with Crippen molar-refractivity contribution in [2.45, 2.75) is 26.3 Å². The second-order valence-electron chi connectivity index (χ2n) is 5.35. The predicted octanol–water partition coefficient (Wildman–Crippen LogP) is 4.39. The molecule has 128 valence electrons. The van der Waals surface area contributed by atoms with E-state index in [-0.39, 0.29) is 12.4 Å². The fourth-order valence-electron chi connectivity index (χ4n) is 2.14. The van der Waals surface area contributed by atoms with Gasteiger partial charge >= 0.3 is 0 Å². The molecular formula is C16H18Cl2N4OS. The minimum atomic E-state index is 0. The van der Waals surface area contributed by atoms with Crippen molar-refractivity contribution in [1.82, 2.24) is 20.4 Å². The number of hydrogen-bond acceptors (Lipinski definition) is 6. The SMILES string of the molecule is CNC(C)Cc1noc(-c2sc(-c3cccc(Cl)c3)nc2C)n1.Cl. The standard InChI is InChI=1S/C16H17ClN4OS.ClH/c1-9(18-3)7-13-20-15(22-21-13)14-10(2)19-16(23-14)11-5-4-6-12(17)8-11;/h4-6,8-9,18H,7H2,1-3H3;1H. The summed E-state index contributed by atoms with van der Waals surface area (Å²) in [6, 6.07) is 7.95. The summed E-state index contributed by atoms with van der Waals surface area (Å²) in [4.78, 5) is 9.98. The highest BCUT2D eigenvalue weighted by molar-refractivity contribution is 7.18. The van der Waals surface area contributed by atoms with E-state index in [1.54, 1.807) is 0 Å². The Kier molecular flexibility index (Phi) is 6.34. The molecule has 0 fully saturated rings. The zero-order valence-electron chi connectivity index (χ0n) is 13.5. The van der Waals surface area contributed by atoms with Crippen molar-refractivity contribution in [2.75, 3.05) is 7.05 Å². The van der Waals surface area contributed by atoms with Crippen molar-refractivity contribution in [3.05, 3.63) is 40.8 Å². The average Bonchev–Trinajstić information content (AvgIpc) is 3.13. The van der Waals surface area contributed by atoms with Gasteiger partial charge in [0.1, 0.15) is 9.88 Å². The minimum absolute atomic E-state index is 0. The lowest BCUT2D eigenvalue weighted by atomic mass is 10.2. The highest BCUT2D eigenvalue weighted by atomic mass is 35.5. The first-order chi connectivity index (χ1) is 11.1. The molecule has 1 atom stereocenters. The van der Waals surface area contributed by atoms with Gasteiger partial charge in [-0.3, -0.25) is 0 Å². The molecule has 2 heterocycles. The molecule has 0 radical (unpaired) electrons. The maximum Gasteiger partial charge on any atom is 0.269 e. The molecule has 8 heteroatoms. The van der Waals surface area contributed by atoms with E-state index in [0.717, 1.165) is 27.6 Å². The van der Waals surface area contributed by atoms with Gasteiger partial charge in [0.25, 0.3) is 5.89 Å².